The van der Waals surface area contributed by atoms with Crippen molar-refractivity contribution in [3.8, 4) is 22.4 Å². The molecule has 6 heteroatoms. The summed E-state index contributed by atoms with van der Waals surface area (Å²) in [4.78, 5) is 21.6. The van der Waals surface area contributed by atoms with Crippen LogP contribution in [0.5, 0.6) is 0 Å². The molecule has 249 valence electrons. The Morgan fingerprint density at radius 3 is 1.96 bits per heavy atom. The fourth-order valence-corrected chi connectivity index (χ4v) is 6.43. The first-order chi connectivity index (χ1) is 21.1. The van der Waals surface area contributed by atoms with E-state index >= 15 is 0 Å². The SMILES string of the molecule is CCC(C)(CC)C(=O)/C=C(\O)C(C)(CC)CC.Cc1[c-]c(-c2cc(-c3ccccc3)c3cc([Si](C)(C)C)ccc3n2)cc(C)n1.[Ir]. The van der Waals surface area contributed by atoms with Crippen LogP contribution in [0.3, 0.4) is 0 Å². The zero-order chi connectivity index (χ0) is 33.6. The second kappa shape index (κ2) is 16.3. The van der Waals surface area contributed by atoms with Gasteiger partial charge in [-0.3, -0.25) is 9.78 Å². The quantitative estimate of drug-likeness (QED) is 0.0750. The Hall–Kier alpha value is -2.92. The Balaban J connectivity index is 0.000000356. The largest absolute Gasteiger partial charge is 0.512 e. The number of fused-ring (bicyclic) bond motifs is 1. The van der Waals surface area contributed by atoms with Crippen LogP contribution in [0.1, 0.15) is 78.6 Å². The minimum atomic E-state index is -1.41. The van der Waals surface area contributed by atoms with Crippen molar-refractivity contribution >= 4 is 29.9 Å². The number of carbonyl (C=O) groups is 1. The molecule has 0 saturated heterocycles. The van der Waals surface area contributed by atoms with Crippen molar-refractivity contribution in [2.75, 3.05) is 0 Å². The molecule has 4 aromatic rings. The number of allylic oxidation sites excluding steroid dienone is 2. The molecular weight excluding hydrogens is 761 g/mol. The van der Waals surface area contributed by atoms with E-state index in [0.717, 1.165) is 53.8 Å². The summed E-state index contributed by atoms with van der Waals surface area (Å²) in [5.74, 6) is 0.286. The number of aliphatic hydroxyl groups is 1. The summed E-state index contributed by atoms with van der Waals surface area (Å²) in [5.41, 5.74) is 6.69. The van der Waals surface area contributed by atoms with E-state index in [1.807, 2.05) is 55.4 Å². The van der Waals surface area contributed by atoms with Crippen molar-refractivity contribution in [3.63, 3.8) is 0 Å². The van der Waals surface area contributed by atoms with Gasteiger partial charge < -0.3 is 10.1 Å². The normalized spacial score (nSPS) is 12.3. The fraction of sp³-hybridized carbons (Fsp3) is 0.425. The predicted octanol–water partition coefficient (Wildman–Crippen LogP) is 10.6. The minimum absolute atomic E-state index is 0. The number of aromatic nitrogens is 2. The van der Waals surface area contributed by atoms with Crippen LogP contribution in [0.25, 0.3) is 33.3 Å². The molecular formula is C40H53IrN2O2Si-. The van der Waals surface area contributed by atoms with E-state index in [1.165, 1.54) is 27.8 Å². The Morgan fingerprint density at radius 2 is 1.43 bits per heavy atom. The van der Waals surface area contributed by atoms with Gasteiger partial charge in [0.05, 0.1) is 13.6 Å². The molecule has 0 amide bonds. The number of nitrogens with zero attached hydrogens (tertiary/aromatic N) is 2. The summed E-state index contributed by atoms with van der Waals surface area (Å²) in [6.45, 7) is 23.2. The van der Waals surface area contributed by atoms with E-state index in [2.05, 4.69) is 91.4 Å². The number of hydrogen-bond acceptors (Lipinski definition) is 4. The molecule has 2 heterocycles. The van der Waals surface area contributed by atoms with Gasteiger partial charge in [-0.2, -0.15) is 11.6 Å². The van der Waals surface area contributed by atoms with Crippen LogP contribution in [0.4, 0.5) is 0 Å². The summed E-state index contributed by atoms with van der Waals surface area (Å²) in [6.07, 6.45) is 4.75. The Kier molecular flexibility index (Phi) is 13.9. The molecule has 0 aliphatic heterocycles. The third kappa shape index (κ3) is 9.33. The van der Waals surface area contributed by atoms with Gasteiger partial charge in [-0.05, 0) is 73.8 Å². The summed E-state index contributed by atoms with van der Waals surface area (Å²) < 4.78 is 0. The monoisotopic (exact) mass is 814 g/mol. The van der Waals surface area contributed by atoms with Gasteiger partial charge >= 0.3 is 0 Å². The first kappa shape index (κ1) is 39.3. The molecule has 4 nitrogen and oxygen atoms in total. The van der Waals surface area contributed by atoms with Gasteiger partial charge in [-0.1, -0.05) is 115 Å². The number of carbonyl (C=O) groups excluding carboxylic acids is 1. The molecule has 4 rings (SSSR count). The van der Waals surface area contributed by atoms with Crippen LogP contribution < -0.4 is 5.19 Å². The van der Waals surface area contributed by atoms with Crippen LogP contribution in [0.15, 0.2) is 72.5 Å². The molecule has 0 aliphatic rings. The number of hydrogen-bond donors (Lipinski definition) is 1. The Bertz CT molecular complexity index is 1630. The van der Waals surface area contributed by atoms with E-state index < -0.39 is 8.07 Å². The van der Waals surface area contributed by atoms with Gasteiger partial charge in [0, 0.05) is 42.4 Å². The topological polar surface area (TPSA) is 63.1 Å². The second-order valence-electron chi connectivity index (χ2n) is 13.9. The van der Waals surface area contributed by atoms with Gasteiger partial charge in [0.2, 0.25) is 0 Å². The van der Waals surface area contributed by atoms with E-state index in [-0.39, 0.29) is 42.5 Å². The van der Waals surface area contributed by atoms with Crippen LogP contribution in [0.2, 0.25) is 19.6 Å². The number of rotatable bonds is 10. The molecule has 0 atom stereocenters. The number of aliphatic hydroxyl groups excluding tert-OH is 1. The molecule has 2 aromatic carbocycles. The molecule has 0 aliphatic carbocycles. The van der Waals surface area contributed by atoms with Gasteiger partial charge in [0.15, 0.2) is 5.78 Å². The average Bonchev–Trinajstić information content (AvgIpc) is 3.02. The van der Waals surface area contributed by atoms with Gasteiger partial charge in [-0.25, -0.2) is 0 Å². The number of aryl methyl sites for hydroxylation is 2. The Morgan fingerprint density at radius 1 is 0.848 bits per heavy atom. The zero-order valence-corrected chi connectivity index (χ0v) is 33.2. The maximum Gasteiger partial charge on any atom is 0.164 e. The third-order valence-electron chi connectivity index (χ3n) is 9.65. The average molecular weight is 814 g/mol. The minimum Gasteiger partial charge on any atom is -0.512 e. The van der Waals surface area contributed by atoms with Gasteiger partial charge in [0.1, 0.15) is 5.76 Å². The van der Waals surface area contributed by atoms with Crippen LogP contribution in [-0.4, -0.2) is 28.9 Å². The molecule has 2 aromatic heterocycles. The van der Waals surface area contributed by atoms with Crippen molar-refractivity contribution in [1.82, 2.24) is 9.97 Å². The summed E-state index contributed by atoms with van der Waals surface area (Å²) in [6, 6.07) is 25.0. The first-order valence-corrected chi connectivity index (χ1v) is 19.9. The van der Waals surface area contributed by atoms with E-state index in [9.17, 15) is 9.90 Å². The maximum absolute atomic E-state index is 12.2. The fourth-order valence-electron chi connectivity index (χ4n) is 5.27. The molecule has 0 fully saturated rings. The molecule has 0 bridgehead atoms. The third-order valence-corrected chi connectivity index (χ3v) is 11.7. The smallest absolute Gasteiger partial charge is 0.164 e. The summed E-state index contributed by atoms with van der Waals surface area (Å²) >= 11 is 0. The van der Waals surface area contributed by atoms with Gasteiger partial charge in [-0.15, -0.1) is 6.07 Å². The molecule has 1 radical (unpaired) electrons. The maximum atomic E-state index is 12.2. The second-order valence-corrected chi connectivity index (χ2v) is 18.9. The molecule has 1 N–H and O–H groups in total. The summed E-state index contributed by atoms with van der Waals surface area (Å²) in [7, 11) is -1.41. The Labute approximate surface area is 292 Å². The van der Waals surface area contributed by atoms with Crippen molar-refractivity contribution in [1.29, 1.82) is 0 Å². The van der Waals surface area contributed by atoms with Gasteiger partial charge in [0.25, 0.3) is 0 Å². The first-order valence-electron chi connectivity index (χ1n) is 16.4. The molecule has 0 unspecified atom stereocenters. The zero-order valence-electron chi connectivity index (χ0n) is 29.8. The van der Waals surface area contributed by atoms with E-state index in [1.54, 1.807) is 0 Å². The summed E-state index contributed by atoms with van der Waals surface area (Å²) in [5, 5.41) is 12.8. The number of ketones is 1. The van der Waals surface area contributed by atoms with Crippen molar-refractivity contribution in [3.05, 3.63) is 90.0 Å². The number of pyridine rings is 2. The van der Waals surface area contributed by atoms with Crippen LogP contribution >= 0.6 is 0 Å². The molecule has 0 spiro atoms. The van der Waals surface area contributed by atoms with Crippen molar-refractivity contribution in [2.45, 2.75) is 101 Å². The van der Waals surface area contributed by atoms with E-state index in [0.29, 0.717) is 0 Å². The van der Waals surface area contributed by atoms with Crippen molar-refractivity contribution < 1.29 is 30.0 Å². The molecule has 0 saturated carbocycles. The standard InChI is InChI=1S/C25H25N2Si.C15H28O2.Ir/c1-17-13-20(14-18(2)26-17)25-16-22(19-9-7-6-8-10-19)23-15-21(28(3,4)5)11-12-24(23)27-25;1-7-14(5,8-2)12(16)11-13(17)15(6,9-3)10-4;/h6-13,15-16H,1-5H3;11,16H,7-10H2,1-6H3;/q-1;;/b;12-11-;. The number of benzene rings is 2. The van der Waals surface area contributed by atoms with Crippen LogP contribution in [-0.2, 0) is 24.9 Å². The van der Waals surface area contributed by atoms with E-state index in [4.69, 9.17) is 4.98 Å². The molecule has 46 heavy (non-hydrogen) atoms. The predicted molar refractivity (Wildman–Crippen MR) is 195 cm³/mol. The van der Waals surface area contributed by atoms with Crippen molar-refractivity contribution in [2.24, 2.45) is 10.8 Å². The van der Waals surface area contributed by atoms with Crippen LogP contribution in [0, 0.1) is 30.7 Å².